The van der Waals surface area contributed by atoms with Gasteiger partial charge in [-0.05, 0) is 37.6 Å². The zero-order valence-corrected chi connectivity index (χ0v) is 14.2. The molecular formula is C16H11F6N3S. The maximum absolute atomic E-state index is 13.0. The van der Waals surface area contributed by atoms with Gasteiger partial charge in [0.15, 0.2) is 0 Å². The van der Waals surface area contributed by atoms with Crippen molar-refractivity contribution < 1.29 is 26.3 Å². The standard InChI is InChI=1S/C16H11F6N3S/c1-7-8(2)26-14-12(7)13(23-6-24-14)25-11-4-9(15(17,18)19)3-10(5-11)16(20,21)22/h3-6H,1-2H3,(H,23,24,25). The number of thiophene rings is 1. The first-order valence-electron chi connectivity index (χ1n) is 7.24. The number of nitrogens with one attached hydrogen (secondary N) is 1. The summed E-state index contributed by atoms with van der Waals surface area (Å²) in [6.07, 6.45) is -8.61. The van der Waals surface area contributed by atoms with Gasteiger partial charge in [-0.15, -0.1) is 11.3 Å². The van der Waals surface area contributed by atoms with Crippen molar-refractivity contribution in [2.24, 2.45) is 0 Å². The van der Waals surface area contributed by atoms with E-state index in [-0.39, 0.29) is 17.6 Å². The molecule has 3 rings (SSSR count). The number of alkyl halides is 6. The normalized spacial score (nSPS) is 12.6. The molecule has 0 unspecified atom stereocenters. The number of aryl methyl sites for hydroxylation is 2. The third-order valence-corrected chi connectivity index (χ3v) is 4.93. The van der Waals surface area contributed by atoms with Crippen molar-refractivity contribution in [3.63, 3.8) is 0 Å². The summed E-state index contributed by atoms with van der Waals surface area (Å²) >= 11 is 1.37. The van der Waals surface area contributed by atoms with E-state index in [9.17, 15) is 26.3 Å². The van der Waals surface area contributed by atoms with E-state index < -0.39 is 23.5 Å². The van der Waals surface area contributed by atoms with Gasteiger partial charge in [0.2, 0.25) is 0 Å². The van der Waals surface area contributed by atoms with Crippen molar-refractivity contribution in [2.45, 2.75) is 26.2 Å². The fraction of sp³-hybridized carbons (Fsp3) is 0.250. The molecule has 0 saturated heterocycles. The van der Waals surface area contributed by atoms with Crippen LogP contribution in [0.5, 0.6) is 0 Å². The first-order chi connectivity index (χ1) is 12.0. The minimum Gasteiger partial charge on any atom is -0.340 e. The van der Waals surface area contributed by atoms with Gasteiger partial charge in [0.1, 0.15) is 17.0 Å². The lowest BCUT2D eigenvalue weighted by molar-refractivity contribution is -0.143. The van der Waals surface area contributed by atoms with E-state index in [2.05, 4.69) is 15.3 Å². The van der Waals surface area contributed by atoms with Crippen LogP contribution < -0.4 is 5.32 Å². The minimum atomic E-state index is -4.91. The molecule has 2 aromatic heterocycles. The second-order valence-corrected chi connectivity index (χ2v) is 6.81. The Balaban J connectivity index is 2.13. The Hall–Kier alpha value is -2.36. The van der Waals surface area contributed by atoms with E-state index in [1.165, 1.54) is 17.7 Å². The predicted molar refractivity (Wildman–Crippen MR) is 86.6 cm³/mol. The summed E-state index contributed by atoms with van der Waals surface area (Å²) in [5.74, 6) is 0.157. The maximum atomic E-state index is 13.0. The smallest absolute Gasteiger partial charge is 0.340 e. The van der Waals surface area contributed by atoms with Crippen molar-refractivity contribution in [2.75, 3.05) is 5.32 Å². The zero-order valence-electron chi connectivity index (χ0n) is 13.4. The molecule has 0 bridgehead atoms. The Bertz CT molecular complexity index is 942. The average molecular weight is 391 g/mol. The summed E-state index contributed by atoms with van der Waals surface area (Å²) in [6.45, 7) is 3.63. The van der Waals surface area contributed by atoms with Crippen LogP contribution in [0.3, 0.4) is 0 Å². The van der Waals surface area contributed by atoms with Crippen LogP contribution in [-0.2, 0) is 12.4 Å². The van der Waals surface area contributed by atoms with E-state index in [0.29, 0.717) is 22.3 Å². The van der Waals surface area contributed by atoms with Gasteiger partial charge < -0.3 is 5.32 Å². The maximum Gasteiger partial charge on any atom is 0.416 e. The number of benzene rings is 1. The van der Waals surface area contributed by atoms with Crippen LogP contribution in [0.4, 0.5) is 37.8 Å². The largest absolute Gasteiger partial charge is 0.416 e. The van der Waals surface area contributed by atoms with E-state index in [1.807, 2.05) is 6.92 Å². The highest BCUT2D eigenvalue weighted by atomic mass is 32.1. The highest BCUT2D eigenvalue weighted by molar-refractivity contribution is 7.18. The Labute approximate surface area is 147 Å². The topological polar surface area (TPSA) is 37.8 Å². The van der Waals surface area contributed by atoms with Crippen LogP contribution in [0.25, 0.3) is 10.2 Å². The quantitative estimate of drug-likeness (QED) is 0.537. The van der Waals surface area contributed by atoms with Crippen molar-refractivity contribution in [3.8, 4) is 0 Å². The number of halogens is 6. The predicted octanol–water partition coefficient (Wildman–Crippen LogP) is 6.09. The van der Waals surface area contributed by atoms with Crippen LogP contribution in [0.2, 0.25) is 0 Å². The third kappa shape index (κ3) is 3.46. The van der Waals surface area contributed by atoms with Crippen molar-refractivity contribution in [3.05, 3.63) is 46.1 Å². The van der Waals surface area contributed by atoms with Gasteiger partial charge in [0.25, 0.3) is 0 Å². The first kappa shape index (κ1) is 18.4. The Kier molecular flexibility index (Phi) is 4.33. The van der Waals surface area contributed by atoms with Crippen LogP contribution in [0.15, 0.2) is 24.5 Å². The van der Waals surface area contributed by atoms with Crippen molar-refractivity contribution in [1.29, 1.82) is 0 Å². The van der Waals surface area contributed by atoms with Gasteiger partial charge in [-0.1, -0.05) is 0 Å². The van der Waals surface area contributed by atoms with Crippen LogP contribution in [0, 0.1) is 13.8 Å². The molecule has 138 valence electrons. The molecule has 1 N–H and O–H groups in total. The van der Waals surface area contributed by atoms with Crippen molar-refractivity contribution in [1.82, 2.24) is 9.97 Å². The summed E-state index contributed by atoms with van der Waals surface area (Å²) < 4.78 is 77.9. The average Bonchev–Trinajstić information content (AvgIpc) is 2.81. The van der Waals surface area contributed by atoms with Gasteiger partial charge in [-0.2, -0.15) is 26.3 Å². The molecular weight excluding hydrogens is 380 g/mol. The second-order valence-electron chi connectivity index (χ2n) is 5.61. The van der Waals surface area contributed by atoms with Gasteiger partial charge in [0, 0.05) is 10.6 Å². The summed E-state index contributed by atoms with van der Waals surface area (Å²) in [4.78, 5) is 9.60. The molecule has 0 saturated carbocycles. The number of aromatic nitrogens is 2. The van der Waals surface area contributed by atoms with E-state index in [1.54, 1.807) is 6.92 Å². The lowest BCUT2D eigenvalue weighted by Gasteiger charge is -2.15. The van der Waals surface area contributed by atoms with Crippen LogP contribution in [0.1, 0.15) is 21.6 Å². The summed E-state index contributed by atoms with van der Waals surface area (Å²) in [5.41, 5.74) is -2.32. The molecule has 0 spiro atoms. The fourth-order valence-corrected chi connectivity index (χ4v) is 3.44. The summed E-state index contributed by atoms with van der Waals surface area (Å²) in [7, 11) is 0. The van der Waals surface area contributed by atoms with Gasteiger partial charge >= 0.3 is 12.4 Å². The molecule has 1 aromatic carbocycles. The van der Waals surface area contributed by atoms with Crippen LogP contribution >= 0.6 is 11.3 Å². The molecule has 0 atom stereocenters. The summed E-state index contributed by atoms with van der Waals surface area (Å²) in [6, 6.07) is 1.33. The number of hydrogen-bond acceptors (Lipinski definition) is 4. The van der Waals surface area contributed by atoms with Gasteiger partial charge in [-0.3, -0.25) is 0 Å². The number of fused-ring (bicyclic) bond motifs is 1. The number of anilines is 2. The monoisotopic (exact) mass is 391 g/mol. The minimum absolute atomic E-state index is 0.0841. The molecule has 0 aliphatic heterocycles. The first-order valence-corrected chi connectivity index (χ1v) is 8.05. The summed E-state index contributed by atoms with van der Waals surface area (Å²) in [5, 5.41) is 3.15. The molecule has 0 aliphatic rings. The zero-order chi connectivity index (χ0) is 19.3. The lowest BCUT2D eigenvalue weighted by Crippen LogP contribution is -2.11. The van der Waals surface area contributed by atoms with E-state index in [4.69, 9.17) is 0 Å². The molecule has 26 heavy (non-hydrogen) atoms. The molecule has 3 aromatic rings. The fourth-order valence-electron chi connectivity index (χ4n) is 2.44. The lowest BCUT2D eigenvalue weighted by atomic mass is 10.1. The molecule has 3 nitrogen and oxygen atoms in total. The van der Waals surface area contributed by atoms with E-state index in [0.717, 1.165) is 10.4 Å². The highest BCUT2D eigenvalue weighted by Gasteiger charge is 2.37. The highest BCUT2D eigenvalue weighted by Crippen LogP contribution is 2.39. The van der Waals surface area contributed by atoms with Crippen LogP contribution in [-0.4, -0.2) is 9.97 Å². The number of rotatable bonds is 2. The number of nitrogens with zero attached hydrogens (tertiary/aromatic N) is 2. The number of hydrogen-bond donors (Lipinski definition) is 1. The van der Waals surface area contributed by atoms with Gasteiger partial charge in [-0.25, -0.2) is 9.97 Å². The van der Waals surface area contributed by atoms with E-state index >= 15 is 0 Å². The SMILES string of the molecule is Cc1sc2ncnc(Nc3cc(C(F)(F)F)cc(C(F)(F)F)c3)c2c1C. The third-order valence-electron chi connectivity index (χ3n) is 3.82. The molecule has 0 amide bonds. The molecule has 2 heterocycles. The molecule has 0 radical (unpaired) electrons. The Morgan fingerprint density at radius 1 is 0.885 bits per heavy atom. The Morgan fingerprint density at radius 2 is 1.46 bits per heavy atom. The Morgan fingerprint density at radius 3 is 2.00 bits per heavy atom. The molecule has 0 aliphatic carbocycles. The van der Waals surface area contributed by atoms with Crippen molar-refractivity contribution >= 4 is 33.1 Å². The van der Waals surface area contributed by atoms with Gasteiger partial charge in [0.05, 0.1) is 16.5 Å². The second kappa shape index (κ2) is 6.11. The molecule has 10 heteroatoms. The molecule has 0 fully saturated rings.